The molecule has 0 saturated carbocycles. The van der Waals surface area contributed by atoms with E-state index in [1.807, 2.05) is 21.1 Å². The van der Waals surface area contributed by atoms with Crippen LogP contribution in [0.25, 0.3) is 0 Å². The molecule has 9 heteroatoms. The summed E-state index contributed by atoms with van der Waals surface area (Å²) < 4.78 is 22.7. The maximum atomic E-state index is 12.8. The number of esters is 2. The van der Waals surface area contributed by atoms with Crippen molar-refractivity contribution >= 4 is 17.9 Å². The molecular formula is C53H98NO8+. The molecule has 0 aromatic heterocycles. The lowest BCUT2D eigenvalue weighted by Crippen LogP contribution is -2.40. The average Bonchev–Trinajstić information content (AvgIpc) is 3.23. The van der Waals surface area contributed by atoms with Gasteiger partial charge in [-0.15, -0.1) is 0 Å². The number of hydrogen-bond acceptors (Lipinski definition) is 7. The highest BCUT2D eigenvalue weighted by molar-refractivity contribution is 5.71. The Bertz CT molecular complexity index is 1110. The second-order valence-electron chi connectivity index (χ2n) is 18.5. The van der Waals surface area contributed by atoms with Crippen LogP contribution in [0.4, 0.5) is 0 Å². The third-order valence-electron chi connectivity index (χ3n) is 11.2. The molecule has 362 valence electrons. The SMILES string of the molecule is CC/C=C\C/C=C\C/C=C\CCCCCC(=O)OC(COC(=O)CCCCCCCCCCCCCCCCCCCCCCCCCC)COC(OCC[N+](C)(C)C)C(=O)O. The Kier molecular flexibility index (Phi) is 43.3. The predicted octanol–water partition coefficient (Wildman–Crippen LogP) is 14.2. The third kappa shape index (κ3) is 45.5. The van der Waals surface area contributed by atoms with Crippen LogP contribution in [0.2, 0.25) is 0 Å². The van der Waals surface area contributed by atoms with Crippen molar-refractivity contribution in [1.82, 2.24) is 0 Å². The summed E-state index contributed by atoms with van der Waals surface area (Å²) in [7, 11) is 5.95. The maximum Gasteiger partial charge on any atom is 0.361 e. The smallest absolute Gasteiger partial charge is 0.361 e. The molecule has 0 aliphatic carbocycles. The normalized spacial score (nSPS) is 13.1. The van der Waals surface area contributed by atoms with Crippen molar-refractivity contribution in [3.8, 4) is 0 Å². The lowest BCUT2D eigenvalue weighted by Gasteiger charge is -2.25. The van der Waals surface area contributed by atoms with Gasteiger partial charge in [0.15, 0.2) is 6.10 Å². The van der Waals surface area contributed by atoms with Crippen LogP contribution in [0.1, 0.15) is 226 Å². The highest BCUT2D eigenvalue weighted by Crippen LogP contribution is 2.16. The second kappa shape index (κ2) is 45.1. The quantitative estimate of drug-likeness (QED) is 0.0212. The summed E-state index contributed by atoms with van der Waals surface area (Å²) in [5.41, 5.74) is 0. The van der Waals surface area contributed by atoms with E-state index in [1.54, 1.807) is 0 Å². The Balaban J connectivity index is 4.23. The van der Waals surface area contributed by atoms with Crippen molar-refractivity contribution in [2.45, 2.75) is 238 Å². The Morgan fingerprint density at radius 1 is 0.500 bits per heavy atom. The van der Waals surface area contributed by atoms with Gasteiger partial charge in [0.05, 0.1) is 34.4 Å². The van der Waals surface area contributed by atoms with Gasteiger partial charge in [0.2, 0.25) is 0 Å². The van der Waals surface area contributed by atoms with Gasteiger partial charge in [0, 0.05) is 12.8 Å². The Morgan fingerprint density at radius 2 is 0.919 bits per heavy atom. The number of rotatable bonds is 47. The first-order valence-corrected chi connectivity index (χ1v) is 25.7. The molecule has 0 heterocycles. The van der Waals surface area contributed by atoms with Gasteiger partial charge in [0.1, 0.15) is 13.2 Å². The molecule has 62 heavy (non-hydrogen) atoms. The first kappa shape index (κ1) is 59.5. The summed E-state index contributed by atoms with van der Waals surface area (Å²) in [6.45, 7) is 4.74. The minimum Gasteiger partial charge on any atom is -0.477 e. The van der Waals surface area contributed by atoms with Gasteiger partial charge in [-0.05, 0) is 44.9 Å². The average molecular weight is 877 g/mol. The standard InChI is InChI=1S/C53H97NO8/c1-6-8-10-12-14-16-18-20-21-22-23-24-25-26-27-28-29-30-32-33-35-37-39-41-43-50(55)60-47-49(48-61-53(52(57)58)59-46-45-54(3,4)5)62-51(56)44-42-40-38-36-34-31-19-17-15-13-11-9-7-2/h9,11,15,17,31,34,49,53H,6-8,10,12-14,16,18-30,32-33,35-48H2,1-5H3/p+1/b11-9-,17-15-,34-31-. The Hall–Kier alpha value is -2.49. The van der Waals surface area contributed by atoms with E-state index in [-0.39, 0.29) is 32.2 Å². The maximum absolute atomic E-state index is 12.8. The molecule has 0 saturated heterocycles. The molecule has 0 rings (SSSR count). The fourth-order valence-electron chi connectivity index (χ4n) is 7.20. The number of aliphatic carboxylic acids is 1. The monoisotopic (exact) mass is 877 g/mol. The number of carbonyl (C=O) groups is 3. The number of likely N-dealkylation sites (N-methyl/N-ethyl adjacent to an activating group) is 1. The number of unbranched alkanes of at least 4 members (excludes halogenated alkanes) is 26. The van der Waals surface area contributed by atoms with Crippen LogP contribution in [0.5, 0.6) is 0 Å². The van der Waals surface area contributed by atoms with Crippen LogP contribution < -0.4 is 0 Å². The van der Waals surface area contributed by atoms with Crippen molar-refractivity contribution < 1.29 is 42.9 Å². The fraction of sp³-hybridized carbons (Fsp3) is 0.830. The molecule has 2 atom stereocenters. The topological polar surface area (TPSA) is 108 Å². The number of carbonyl (C=O) groups excluding carboxylic acids is 2. The van der Waals surface area contributed by atoms with Crippen LogP contribution in [0.15, 0.2) is 36.5 Å². The van der Waals surface area contributed by atoms with Gasteiger partial charge < -0.3 is 28.5 Å². The fourth-order valence-corrected chi connectivity index (χ4v) is 7.20. The molecule has 9 nitrogen and oxygen atoms in total. The summed E-state index contributed by atoms with van der Waals surface area (Å²) in [5.74, 6) is -2.04. The van der Waals surface area contributed by atoms with E-state index in [0.717, 1.165) is 57.8 Å². The number of quaternary nitrogens is 1. The number of nitrogens with zero attached hydrogens (tertiary/aromatic N) is 1. The van der Waals surface area contributed by atoms with Crippen molar-refractivity contribution in [1.29, 1.82) is 0 Å². The van der Waals surface area contributed by atoms with E-state index < -0.39 is 24.3 Å². The summed E-state index contributed by atoms with van der Waals surface area (Å²) in [5, 5.41) is 9.65. The van der Waals surface area contributed by atoms with Crippen molar-refractivity contribution in [2.75, 3.05) is 47.5 Å². The number of carboxylic acids is 1. The molecule has 0 aliphatic heterocycles. The van der Waals surface area contributed by atoms with E-state index in [1.165, 1.54) is 135 Å². The zero-order valence-electron chi connectivity index (χ0n) is 41.0. The van der Waals surface area contributed by atoms with Crippen LogP contribution >= 0.6 is 0 Å². The van der Waals surface area contributed by atoms with Crippen molar-refractivity contribution in [2.24, 2.45) is 0 Å². The van der Waals surface area contributed by atoms with Crippen LogP contribution in [-0.2, 0) is 33.3 Å². The summed E-state index contributed by atoms with van der Waals surface area (Å²) >= 11 is 0. The summed E-state index contributed by atoms with van der Waals surface area (Å²) in [6.07, 6.45) is 49.4. The zero-order chi connectivity index (χ0) is 45.6. The van der Waals surface area contributed by atoms with E-state index in [2.05, 4.69) is 50.3 Å². The van der Waals surface area contributed by atoms with Crippen LogP contribution in [0.3, 0.4) is 0 Å². The van der Waals surface area contributed by atoms with Crippen LogP contribution in [0, 0.1) is 0 Å². The molecule has 0 amide bonds. The first-order chi connectivity index (χ1) is 30.1. The zero-order valence-corrected chi connectivity index (χ0v) is 41.0. The molecule has 0 aromatic rings. The first-order valence-electron chi connectivity index (χ1n) is 25.7. The second-order valence-corrected chi connectivity index (χ2v) is 18.5. The largest absolute Gasteiger partial charge is 0.477 e. The van der Waals surface area contributed by atoms with Crippen LogP contribution in [-0.4, -0.2) is 87.4 Å². The van der Waals surface area contributed by atoms with Crippen molar-refractivity contribution in [3.63, 3.8) is 0 Å². The number of carboxylic acid groups (broad SMARTS) is 1. The highest BCUT2D eigenvalue weighted by Gasteiger charge is 2.25. The third-order valence-corrected chi connectivity index (χ3v) is 11.2. The Morgan fingerprint density at radius 3 is 1.37 bits per heavy atom. The molecule has 0 bridgehead atoms. The molecule has 1 N–H and O–H groups in total. The molecule has 0 spiro atoms. The summed E-state index contributed by atoms with van der Waals surface area (Å²) in [6, 6.07) is 0. The van der Waals surface area contributed by atoms with Gasteiger partial charge in [-0.1, -0.05) is 204 Å². The molecule has 0 aliphatic rings. The van der Waals surface area contributed by atoms with Gasteiger partial charge >= 0.3 is 17.9 Å². The van der Waals surface area contributed by atoms with E-state index in [9.17, 15) is 19.5 Å². The van der Waals surface area contributed by atoms with Gasteiger partial charge in [0.25, 0.3) is 6.29 Å². The summed E-state index contributed by atoms with van der Waals surface area (Å²) in [4.78, 5) is 37.2. The number of hydrogen-bond donors (Lipinski definition) is 1. The van der Waals surface area contributed by atoms with E-state index >= 15 is 0 Å². The molecule has 0 fully saturated rings. The highest BCUT2D eigenvalue weighted by atomic mass is 16.7. The number of allylic oxidation sites excluding steroid dienone is 6. The lowest BCUT2D eigenvalue weighted by molar-refractivity contribution is -0.870. The molecule has 0 aromatic carbocycles. The van der Waals surface area contributed by atoms with E-state index in [4.69, 9.17) is 18.9 Å². The molecule has 2 unspecified atom stereocenters. The minimum atomic E-state index is -1.52. The van der Waals surface area contributed by atoms with E-state index in [0.29, 0.717) is 23.9 Å². The molecular weight excluding hydrogens is 779 g/mol. The van der Waals surface area contributed by atoms with Gasteiger partial charge in [-0.25, -0.2) is 4.79 Å². The van der Waals surface area contributed by atoms with Gasteiger partial charge in [-0.2, -0.15) is 0 Å². The van der Waals surface area contributed by atoms with Crippen molar-refractivity contribution in [3.05, 3.63) is 36.5 Å². The lowest BCUT2D eigenvalue weighted by atomic mass is 10.0. The van der Waals surface area contributed by atoms with Gasteiger partial charge in [-0.3, -0.25) is 9.59 Å². The predicted molar refractivity (Wildman–Crippen MR) is 258 cm³/mol. The minimum absolute atomic E-state index is 0.183. The Labute approximate surface area is 381 Å². The number of ether oxygens (including phenoxy) is 4. The molecule has 0 radical (unpaired) electrons.